The molecule has 0 aromatic carbocycles. The summed E-state index contributed by atoms with van der Waals surface area (Å²) in [4.78, 5) is 10.3. The summed E-state index contributed by atoms with van der Waals surface area (Å²) in [5.41, 5.74) is 0.447. The van der Waals surface area contributed by atoms with Gasteiger partial charge in [-0.15, -0.1) is 0 Å². The number of aliphatic hydroxyl groups is 1. The van der Waals surface area contributed by atoms with Crippen molar-refractivity contribution in [2.75, 3.05) is 13.1 Å². The molecule has 1 saturated carbocycles. The maximum absolute atomic E-state index is 10.3. The van der Waals surface area contributed by atoms with Crippen molar-refractivity contribution in [1.82, 2.24) is 5.32 Å². The monoisotopic (exact) mass is 201 g/mol. The van der Waals surface area contributed by atoms with E-state index in [-0.39, 0.29) is 6.42 Å². The molecule has 0 aliphatic heterocycles. The van der Waals surface area contributed by atoms with Gasteiger partial charge in [-0.05, 0) is 24.7 Å². The zero-order valence-electron chi connectivity index (χ0n) is 8.62. The smallest absolute Gasteiger partial charge is 0.306 e. The maximum Gasteiger partial charge on any atom is 0.306 e. The van der Waals surface area contributed by atoms with Crippen LogP contribution in [0.25, 0.3) is 0 Å². The van der Waals surface area contributed by atoms with E-state index in [0.717, 1.165) is 13.0 Å². The average Bonchev–Trinajstić information content (AvgIpc) is 2.84. The Morgan fingerprint density at radius 1 is 1.57 bits per heavy atom. The molecule has 4 nitrogen and oxygen atoms in total. The predicted molar refractivity (Wildman–Crippen MR) is 53.1 cm³/mol. The minimum atomic E-state index is -0.948. The molecule has 0 radical (unpaired) electrons. The Balaban J connectivity index is 2.06. The topological polar surface area (TPSA) is 69.6 Å². The van der Waals surface area contributed by atoms with Gasteiger partial charge >= 0.3 is 5.97 Å². The summed E-state index contributed by atoms with van der Waals surface area (Å²) >= 11 is 0. The number of nitrogens with one attached hydrogen (secondary N) is 1. The Hall–Kier alpha value is -0.610. The summed E-state index contributed by atoms with van der Waals surface area (Å²) < 4.78 is 0. The van der Waals surface area contributed by atoms with E-state index in [9.17, 15) is 9.90 Å². The molecule has 1 aliphatic carbocycles. The number of hydrogen-bond donors (Lipinski definition) is 3. The molecule has 82 valence electrons. The predicted octanol–water partition coefficient (Wildman–Crippen LogP) is 0.602. The van der Waals surface area contributed by atoms with Crippen molar-refractivity contribution in [1.29, 1.82) is 0 Å². The molecular formula is C10H19NO3. The molecule has 1 rings (SSSR count). The number of carboxylic acids is 1. The lowest BCUT2D eigenvalue weighted by Crippen LogP contribution is -2.32. The van der Waals surface area contributed by atoms with Crippen molar-refractivity contribution in [2.24, 2.45) is 5.41 Å². The summed E-state index contributed by atoms with van der Waals surface area (Å²) in [7, 11) is 0. The molecule has 0 amide bonds. The number of aliphatic hydroxyl groups excluding tert-OH is 1. The number of hydrogen-bond acceptors (Lipinski definition) is 3. The summed E-state index contributed by atoms with van der Waals surface area (Å²) in [6, 6.07) is 0. The fourth-order valence-electron chi connectivity index (χ4n) is 1.61. The van der Waals surface area contributed by atoms with E-state index in [1.54, 1.807) is 0 Å². The number of carbonyl (C=O) groups is 1. The van der Waals surface area contributed by atoms with Gasteiger partial charge in [0.2, 0.25) is 0 Å². The van der Waals surface area contributed by atoms with Gasteiger partial charge in [-0.2, -0.15) is 0 Å². The molecule has 4 heteroatoms. The summed E-state index contributed by atoms with van der Waals surface area (Å²) in [5, 5.41) is 20.8. The second-order valence-electron chi connectivity index (χ2n) is 4.24. The van der Waals surface area contributed by atoms with Gasteiger partial charge < -0.3 is 15.5 Å². The van der Waals surface area contributed by atoms with Crippen molar-refractivity contribution in [3.8, 4) is 0 Å². The van der Waals surface area contributed by atoms with Crippen LogP contribution in [0.3, 0.4) is 0 Å². The first-order valence-corrected chi connectivity index (χ1v) is 5.18. The third-order valence-corrected chi connectivity index (χ3v) is 3.00. The van der Waals surface area contributed by atoms with E-state index in [1.807, 2.05) is 0 Å². The van der Waals surface area contributed by atoms with Crippen LogP contribution in [0.1, 0.15) is 32.6 Å². The van der Waals surface area contributed by atoms with E-state index >= 15 is 0 Å². The van der Waals surface area contributed by atoms with Gasteiger partial charge in [0.1, 0.15) is 0 Å². The van der Waals surface area contributed by atoms with Gasteiger partial charge in [-0.1, -0.05) is 6.92 Å². The molecule has 1 aliphatic rings. The second kappa shape index (κ2) is 4.75. The molecule has 1 atom stereocenters. The first kappa shape index (κ1) is 11.5. The fraction of sp³-hybridized carbons (Fsp3) is 0.900. The van der Waals surface area contributed by atoms with Crippen LogP contribution in [0, 0.1) is 5.41 Å². The number of rotatable bonds is 7. The molecule has 1 fully saturated rings. The third kappa shape index (κ3) is 3.64. The fourth-order valence-corrected chi connectivity index (χ4v) is 1.61. The first-order chi connectivity index (χ1) is 6.58. The molecule has 0 aromatic heterocycles. The van der Waals surface area contributed by atoms with E-state index in [4.69, 9.17) is 5.11 Å². The largest absolute Gasteiger partial charge is 0.481 e. The Morgan fingerprint density at radius 2 is 2.21 bits per heavy atom. The highest BCUT2D eigenvalue weighted by Crippen LogP contribution is 2.47. The van der Waals surface area contributed by atoms with Crippen molar-refractivity contribution < 1.29 is 15.0 Å². The van der Waals surface area contributed by atoms with Crippen molar-refractivity contribution in [3.05, 3.63) is 0 Å². The number of carboxylic acid groups (broad SMARTS) is 1. The van der Waals surface area contributed by atoms with Crippen molar-refractivity contribution in [3.63, 3.8) is 0 Å². The SMILES string of the molecule is CCC1(CNCC(O)CC(=O)O)CC1. The molecule has 0 heterocycles. The molecule has 1 unspecified atom stereocenters. The molecular weight excluding hydrogens is 182 g/mol. The normalized spacial score (nSPS) is 20.4. The van der Waals surface area contributed by atoms with Gasteiger partial charge in [0.25, 0.3) is 0 Å². The zero-order chi connectivity index (χ0) is 10.6. The minimum absolute atomic E-state index is 0.174. The van der Waals surface area contributed by atoms with E-state index in [2.05, 4.69) is 12.2 Å². The standard InChI is InChI=1S/C10H19NO3/c1-2-10(3-4-10)7-11-6-8(12)5-9(13)14/h8,11-12H,2-7H2,1H3,(H,13,14). The Morgan fingerprint density at radius 3 is 2.64 bits per heavy atom. The van der Waals surface area contributed by atoms with Crippen LogP contribution in [-0.4, -0.2) is 35.4 Å². The van der Waals surface area contributed by atoms with Crippen molar-refractivity contribution >= 4 is 5.97 Å². The van der Waals surface area contributed by atoms with Gasteiger partial charge in [0, 0.05) is 13.1 Å². The molecule has 0 bridgehead atoms. The van der Waals surface area contributed by atoms with Gasteiger partial charge in [0.15, 0.2) is 0 Å². The average molecular weight is 201 g/mol. The minimum Gasteiger partial charge on any atom is -0.481 e. The summed E-state index contributed by atoms with van der Waals surface area (Å²) in [6.45, 7) is 3.45. The van der Waals surface area contributed by atoms with Crippen LogP contribution in [0.4, 0.5) is 0 Å². The van der Waals surface area contributed by atoms with Gasteiger partial charge in [-0.3, -0.25) is 4.79 Å². The Kier molecular flexibility index (Phi) is 3.89. The highest BCUT2D eigenvalue weighted by molar-refractivity contribution is 5.67. The van der Waals surface area contributed by atoms with E-state index in [1.165, 1.54) is 12.8 Å². The molecule has 0 saturated heterocycles. The molecule has 14 heavy (non-hydrogen) atoms. The summed E-state index contributed by atoms with van der Waals surface area (Å²) in [5.74, 6) is -0.948. The van der Waals surface area contributed by atoms with E-state index in [0.29, 0.717) is 12.0 Å². The lowest BCUT2D eigenvalue weighted by Gasteiger charge is -2.15. The highest BCUT2D eigenvalue weighted by Gasteiger charge is 2.39. The second-order valence-corrected chi connectivity index (χ2v) is 4.24. The lowest BCUT2D eigenvalue weighted by molar-refractivity contribution is -0.139. The van der Waals surface area contributed by atoms with Crippen LogP contribution in [0.5, 0.6) is 0 Å². The number of aliphatic carboxylic acids is 1. The van der Waals surface area contributed by atoms with Crippen LogP contribution < -0.4 is 5.32 Å². The molecule has 3 N–H and O–H groups in total. The highest BCUT2D eigenvalue weighted by atomic mass is 16.4. The quantitative estimate of drug-likeness (QED) is 0.564. The van der Waals surface area contributed by atoms with Crippen LogP contribution in [-0.2, 0) is 4.79 Å². The lowest BCUT2D eigenvalue weighted by atomic mass is 10.0. The van der Waals surface area contributed by atoms with Gasteiger partial charge in [0.05, 0.1) is 12.5 Å². The van der Waals surface area contributed by atoms with Crippen LogP contribution in [0.15, 0.2) is 0 Å². The molecule has 0 aromatic rings. The molecule has 0 spiro atoms. The van der Waals surface area contributed by atoms with Crippen molar-refractivity contribution in [2.45, 2.75) is 38.7 Å². The van der Waals surface area contributed by atoms with E-state index < -0.39 is 12.1 Å². The van der Waals surface area contributed by atoms with Gasteiger partial charge in [-0.25, -0.2) is 0 Å². The zero-order valence-corrected chi connectivity index (χ0v) is 8.62. The summed E-state index contributed by atoms with van der Waals surface area (Å²) in [6.07, 6.45) is 2.73. The van der Waals surface area contributed by atoms with Crippen LogP contribution in [0.2, 0.25) is 0 Å². The van der Waals surface area contributed by atoms with Crippen LogP contribution >= 0.6 is 0 Å². The Labute approximate surface area is 84.3 Å². The Bertz CT molecular complexity index is 202. The third-order valence-electron chi connectivity index (χ3n) is 3.00. The maximum atomic E-state index is 10.3. The first-order valence-electron chi connectivity index (χ1n) is 5.18.